The number of fused-ring (bicyclic) bond motifs is 1. The monoisotopic (exact) mass is 269 g/mol. The standard InChI is InChI=1S/C16H15NO3/c1-9-14(16(19)20)15-12(17-9)7-11(8-13(15)18)10-5-3-2-4-6-10/h2-6,11,17H,7-8H2,1H3,(H,19,20)/t11-/m1/s1. The molecule has 0 saturated heterocycles. The summed E-state index contributed by atoms with van der Waals surface area (Å²) in [4.78, 5) is 26.7. The highest BCUT2D eigenvalue weighted by Gasteiger charge is 2.33. The zero-order valence-electron chi connectivity index (χ0n) is 11.1. The van der Waals surface area contributed by atoms with Gasteiger partial charge in [0, 0.05) is 17.8 Å². The number of nitrogens with one attached hydrogen (secondary N) is 1. The Morgan fingerprint density at radius 2 is 1.95 bits per heavy atom. The summed E-state index contributed by atoms with van der Waals surface area (Å²) in [6.07, 6.45) is 1.05. The molecule has 0 aliphatic heterocycles. The van der Waals surface area contributed by atoms with Crippen molar-refractivity contribution in [3.63, 3.8) is 0 Å². The molecule has 1 heterocycles. The smallest absolute Gasteiger partial charge is 0.338 e. The van der Waals surface area contributed by atoms with E-state index >= 15 is 0 Å². The van der Waals surface area contributed by atoms with E-state index in [1.807, 2.05) is 30.3 Å². The van der Waals surface area contributed by atoms with E-state index in [4.69, 9.17) is 0 Å². The van der Waals surface area contributed by atoms with Gasteiger partial charge in [-0.25, -0.2) is 4.79 Å². The number of benzene rings is 1. The summed E-state index contributed by atoms with van der Waals surface area (Å²) < 4.78 is 0. The Kier molecular flexibility index (Phi) is 2.93. The number of hydrogen-bond acceptors (Lipinski definition) is 2. The number of Topliss-reactive ketones (excluding diaryl/α,β-unsaturated/α-hetero) is 1. The van der Waals surface area contributed by atoms with Crippen molar-refractivity contribution in [1.82, 2.24) is 4.98 Å². The third kappa shape index (κ3) is 1.93. The van der Waals surface area contributed by atoms with E-state index in [1.165, 1.54) is 0 Å². The second-order valence-corrected chi connectivity index (χ2v) is 5.22. The maximum atomic E-state index is 12.3. The maximum Gasteiger partial charge on any atom is 0.338 e. The number of rotatable bonds is 2. The van der Waals surface area contributed by atoms with Crippen molar-refractivity contribution in [3.05, 3.63) is 58.4 Å². The first-order valence-electron chi connectivity index (χ1n) is 6.60. The topological polar surface area (TPSA) is 70.2 Å². The first-order valence-corrected chi connectivity index (χ1v) is 6.60. The molecule has 0 fully saturated rings. The van der Waals surface area contributed by atoms with Gasteiger partial charge in [0.1, 0.15) is 0 Å². The number of carbonyl (C=O) groups excluding carboxylic acids is 1. The van der Waals surface area contributed by atoms with Crippen molar-refractivity contribution >= 4 is 11.8 Å². The van der Waals surface area contributed by atoms with E-state index < -0.39 is 5.97 Å². The van der Waals surface area contributed by atoms with Gasteiger partial charge in [0.25, 0.3) is 0 Å². The second kappa shape index (κ2) is 4.63. The average Bonchev–Trinajstić information content (AvgIpc) is 2.76. The average molecular weight is 269 g/mol. The van der Waals surface area contributed by atoms with Crippen molar-refractivity contribution in [1.29, 1.82) is 0 Å². The molecule has 1 aromatic carbocycles. The molecule has 4 heteroatoms. The number of aromatic amines is 1. The number of aromatic carboxylic acids is 1. The van der Waals surface area contributed by atoms with E-state index in [1.54, 1.807) is 6.92 Å². The molecule has 4 nitrogen and oxygen atoms in total. The van der Waals surface area contributed by atoms with Crippen LogP contribution in [0, 0.1) is 6.92 Å². The summed E-state index contributed by atoms with van der Waals surface area (Å²) in [7, 11) is 0. The van der Waals surface area contributed by atoms with Crippen LogP contribution in [0.3, 0.4) is 0 Å². The van der Waals surface area contributed by atoms with Crippen LogP contribution in [-0.4, -0.2) is 21.8 Å². The van der Waals surface area contributed by atoms with Gasteiger partial charge in [0.05, 0.1) is 11.1 Å². The summed E-state index contributed by atoms with van der Waals surface area (Å²) in [6.45, 7) is 1.70. The van der Waals surface area contributed by atoms with Crippen LogP contribution in [0.5, 0.6) is 0 Å². The fraction of sp³-hybridized carbons (Fsp3) is 0.250. The van der Waals surface area contributed by atoms with Crippen molar-refractivity contribution in [2.24, 2.45) is 0 Å². The molecule has 0 unspecified atom stereocenters. The molecule has 1 aromatic heterocycles. The molecule has 102 valence electrons. The maximum absolute atomic E-state index is 12.3. The third-order valence-electron chi connectivity index (χ3n) is 3.91. The minimum atomic E-state index is -1.04. The molecule has 2 aromatic rings. The molecule has 1 atom stereocenters. The van der Waals surface area contributed by atoms with Crippen LogP contribution >= 0.6 is 0 Å². The number of carboxylic acid groups (broad SMARTS) is 1. The summed E-state index contributed by atoms with van der Waals surface area (Å²) in [6, 6.07) is 9.88. The van der Waals surface area contributed by atoms with Gasteiger partial charge in [-0.1, -0.05) is 30.3 Å². The molecule has 0 amide bonds. The van der Waals surface area contributed by atoms with Crippen molar-refractivity contribution < 1.29 is 14.7 Å². The number of ketones is 1. The van der Waals surface area contributed by atoms with Gasteiger partial charge in [0.2, 0.25) is 0 Å². The highest BCUT2D eigenvalue weighted by atomic mass is 16.4. The molecule has 20 heavy (non-hydrogen) atoms. The van der Waals surface area contributed by atoms with Gasteiger partial charge in [-0.05, 0) is 24.8 Å². The molecule has 0 bridgehead atoms. The predicted octanol–water partition coefficient (Wildman–Crippen LogP) is 2.93. The number of aryl methyl sites for hydroxylation is 1. The van der Waals surface area contributed by atoms with Crippen LogP contribution in [0.4, 0.5) is 0 Å². The molecule has 2 N–H and O–H groups in total. The normalized spacial score (nSPS) is 17.9. The predicted molar refractivity (Wildman–Crippen MR) is 74.3 cm³/mol. The first-order chi connectivity index (χ1) is 9.58. The van der Waals surface area contributed by atoms with Crippen molar-refractivity contribution in [2.75, 3.05) is 0 Å². The third-order valence-corrected chi connectivity index (χ3v) is 3.91. The molecule has 0 spiro atoms. The Balaban J connectivity index is 2.03. The zero-order valence-corrected chi connectivity index (χ0v) is 11.1. The fourth-order valence-corrected chi connectivity index (χ4v) is 3.02. The van der Waals surface area contributed by atoms with E-state index in [9.17, 15) is 14.7 Å². The van der Waals surface area contributed by atoms with E-state index in [2.05, 4.69) is 4.98 Å². The van der Waals surface area contributed by atoms with Gasteiger partial charge in [-0.2, -0.15) is 0 Å². The number of aromatic nitrogens is 1. The summed E-state index contributed by atoms with van der Waals surface area (Å²) >= 11 is 0. The lowest BCUT2D eigenvalue weighted by molar-refractivity contribution is 0.0690. The highest BCUT2D eigenvalue weighted by Crippen LogP contribution is 2.34. The van der Waals surface area contributed by atoms with Crippen LogP contribution in [0.1, 0.15) is 50.0 Å². The van der Waals surface area contributed by atoms with E-state index in [0.29, 0.717) is 24.1 Å². The summed E-state index contributed by atoms with van der Waals surface area (Å²) in [5.74, 6) is -0.996. The molecule has 1 aliphatic rings. The SMILES string of the molecule is Cc1[nH]c2c(c1C(=O)O)C(=O)C[C@H](c1ccccc1)C2. The van der Waals surface area contributed by atoms with Crippen molar-refractivity contribution in [2.45, 2.75) is 25.7 Å². The van der Waals surface area contributed by atoms with Crippen LogP contribution < -0.4 is 0 Å². The molecule has 0 radical (unpaired) electrons. The zero-order chi connectivity index (χ0) is 14.3. The number of carboxylic acids is 1. The van der Waals surface area contributed by atoms with Crippen LogP contribution in [0.15, 0.2) is 30.3 Å². The van der Waals surface area contributed by atoms with Gasteiger partial charge in [0.15, 0.2) is 5.78 Å². The Hall–Kier alpha value is -2.36. The molecule has 0 saturated carbocycles. The van der Waals surface area contributed by atoms with Crippen molar-refractivity contribution in [3.8, 4) is 0 Å². The lowest BCUT2D eigenvalue weighted by Crippen LogP contribution is -2.20. The largest absolute Gasteiger partial charge is 0.478 e. The number of H-pyrrole nitrogens is 1. The van der Waals surface area contributed by atoms with Crippen LogP contribution in [0.2, 0.25) is 0 Å². The summed E-state index contributed by atoms with van der Waals surface area (Å²) in [5, 5.41) is 9.24. The van der Waals surface area contributed by atoms with E-state index in [-0.39, 0.29) is 17.3 Å². The minimum absolute atomic E-state index is 0.0816. The number of hydrogen-bond donors (Lipinski definition) is 2. The Labute approximate surface area is 116 Å². The van der Waals surface area contributed by atoms with Gasteiger partial charge in [-0.3, -0.25) is 4.79 Å². The molecular weight excluding hydrogens is 254 g/mol. The highest BCUT2D eigenvalue weighted by molar-refractivity contribution is 6.08. The molecule has 3 rings (SSSR count). The molecule has 1 aliphatic carbocycles. The Bertz CT molecular complexity index is 685. The van der Waals surface area contributed by atoms with Gasteiger partial charge < -0.3 is 10.1 Å². The Morgan fingerprint density at radius 3 is 2.60 bits per heavy atom. The molecular formula is C16H15NO3. The lowest BCUT2D eigenvalue weighted by Gasteiger charge is -2.21. The second-order valence-electron chi connectivity index (χ2n) is 5.22. The number of carbonyl (C=O) groups is 2. The Morgan fingerprint density at radius 1 is 1.25 bits per heavy atom. The van der Waals surface area contributed by atoms with Crippen LogP contribution in [0.25, 0.3) is 0 Å². The summed E-state index contributed by atoms with van der Waals surface area (Å²) in [5.41, 5.74) is 2.95. The first kappa shape index (κ1) is 12.7. The quantitative estimate of drug-likeness (QED) is 0.880. The fourth-order valence-electron chi connectivity index (χ4n) is 3.02. The lowest BCUT2D eigenvalue weighted by atomic mass is 9.81. The van der Waals surface area contributed by atoms with Gasteiger partial charge >= 0.3 is 5.97 Å². The van der Waals surface area contributed by atoms with Gasteiger partial charge in [-0.15, -0.1) is 0 Å². The van der Waals surface area contributed by atoms with E-state index in [0.717, 1.165) is 11.3 Å². The van der Waals surface area contributed by atoms with Crippen LogP contribution in [-0.2, 0) is 6.42 Å². The minimum Gasteiger partial charge on any atom is -0.478 e.